The topological polar surface area (TPSA) is 72.7 Å². The smallest absolute Gasteiger partial charge is 0.236 e. The Hall–Kier alpha value is -1.71. The molecule has 0 aromatic carbocycles. The molecule has 0 bridgehead atoms. The molecule has 0 atom stereocenters. The fourth-order valence-electron chi connectivity index (χ4n) is 3.46. The summed E-state index contributed by atoms with van der Waals surface area (Å²) in [6, 6.07) is 3.82. The third-order valence-electron chi connectivity index (χ3n) is 4.81. The van der Waals surface area contributed by atoms with E-state index in [1.54, 1.807) is 12.3 Å². The van der Waals surface area contributed by atoms with Gasteiger partial charge in [-0.2, -0.15) is 0 Å². The van der Waals surface area contributed by atoms with Crippen LogP contribution < -0.4 is 5.32 Å². The van der Waals surface area contributed by atoms with Gasteiger partial charge in [0.05, 0.1) is 5.75 Å². The number of thioether (sulfide) groups is 1. The Balaban J connectivity index is 1.50. The third kappa shape index (κ3) is 4.57. The average Bonchev–Trinajstić information content (AvgIpc) is 3.32. The van der Waals surface area contributed by atoms with Crippen molar-refractivity contribution in [3.8, 4) is 11.4 Å². The van der Waals surface area contributed by atoms with Gasteiger partial charge in [-0.15, -0.1) is 21.5 Å². The van der Waals surface area contributed by atoms with Crippen molar-refractivity contribution in [2.24, 2.45) is 0 Å². The van der Waals surface area contributed by atoms with Gasteiger partial charge in [0, 0.05) is 32.5 Å². The molecule has 9 heteroatoms. The molecule has 0 unspecified atom stereocenters. The lowest BCUT2D eigenvalue weighted by Crippen LogP contribution is -2.15. The third-order valence-corrected chi connectivity index (χ3v) is 7.31. The fourth-order valence-corrected chi connectivity index (χ4v) is 5.69. The van der Waals surface area contributed by atoms with Crippen LogP contribution in [0.15, 0.2) is 33.3 Å². The Kier molecular flexibility index (Phi) is 6.36. The highest BCUT2D eigenvalue weighted by atomic mass is 79.9. The number of amides is 1. The lowest BCUT2D eigenvalue weighted by Gasteiger charge is -2.16. The first-order valence-electron chi connectivity index (χ1n) is 9.61. The Morgan fingerprint density at radius 2 is 2.14 bits per heavy atom. The largest absolute Gasteiger partial charge is 0.310 e. The number of aromatic nitrogens is 4. The quantitative estimate of drug-likeness (QED) is 0.470. The monoisotopic (exact) mass is 491 g/mol. The second kappa shape index (κ2) is 8.97. The van der Waals surface area contributed by atoms with Gasteiger partial charge in [-0.1, -0.05) is 11.8 Å². The van der Waals surface area contributed by atoms with E-state index in [9.17, 15) is 4.79 Å². The van der Waals surface area contributed by atoms with E-state index in [1.807, 2.05) is 17.4 Å². The molecule has 3 heterocycles. The van der Waals surface area contributed by atoms with Crippen LogP contribution >= 0.6 is 39.0 Å². The average molecular weight is 492 g/mol. The number of pyridine rings is 1. The number of carbonyl (C=O) groups is 1. The van der Waals surface area contributed by atoms with Gasteiger partial charge in [0.2, 0.25) is 5.91 Å². The summed E-state index contributed by atoms with van der Waals surface area (Å²) in [4.78, 5) is 18.0. The Labute approximate surface area is 186 Å². The van der Waals surface area contributed by atoms with Gasteiger partial charge in [-0.05, 0) is 73.2 Å². The minimum absolute atomic E-state index is 0.113. The van der Waals surface area contributed by atoms with Crippen LogP contribution in [0.3, 0.4) is 0 Å². The Morgan fingerprint density at radius 3 is 2.90 bits per heavy atom. The molecule has 1 aliphatic rings. The zero-order valence-corrected chi connectivity index (χ0v) is 19.5. The van der Waals surface area contributed by atoms with E-state index in [1.165, 1.54) is 47.0 Å². The number of thiophene rings is 1. The number of hydrogen-bond donors (Lipinski definition) is 1. The lowest BCUT2D eigenvalue weighted by atomic mass is 9.95. The predicted octanol–water partition coefficient (Wildman–Crippen LogP) is 5.35. The molecule has 3 aromatic rings. The number of anilines is 1. The molecule has 0 saturated carbocycles. The summed E-state index contributed by atoms with van der Waals surface area (Å²) >= 11 is 6.58. The molecule has 152 valence electrons. The maximum Gasteiger partial charge on any atom is 0.236 e. The molecular weight excluding hydrogens is 470 g/mol. The van der Waals surface area contributed by atoms with Crippen molar-refractivity contribution in [2.75, 3.05) is 11.1 Å². The summed E-state index contributed by atoms with van der Waals surface area (Å²) in [5.74, 6) is 1.59. The maximum absolute atomic E-state index is 12.3. The van der Waals surface area contributed by atoms with E-state index in [4.69, 9.17) is 0 Å². The van der Waals surface area contributed by atoms with Gasteiger partial charge in [0.15, 0.2) is 11.0 Å². The zero-order valence-electron chi connectivity index (χ0n) is 16.3. The summed E-state index contributed by atoms with van der Waals surface area (Å²) < 4.78 is 3.02. The first-order valence-corrected chi connectivity index (χ1v) is 12.3. The molecule has 0 fully saturated rings. The maximum atomic E-state index is 12.3. The highest BCUT2D eigenvalue weighted by molar-refractivity contribution is 9.10. The van der Waals surface area contributed by atoms with Crippen molar-refractivity contribution < 1.29 is 4.79 Å². The number of aryl methyl sites for hydroxylation is 1. The summed E-state index contributed by atoms with van der Waals surface area (Å²) in [5, 5.41) is 14.7. The van der Waals surface area contributed by atoms with Crippen LogP contribution in [0, 0.1) is 0 Å². The first-order chi connectivity index (χ1) is 14.0. The van der Waals surface area contributed by atoms with E-state index in [0.29, 0.717) is 5.82 Å². The molecule has 4 rings (SSSR count). The van der Waals surface area contributed by atoms with Gasteiger partial charge < -0.3 is 5.32 Å². The van der Waals surface area contributed by atoms with Crippen molar-refractivity contribution >= 4 is 50.8 Å². The Morgan fingerprint density at radius 1 is 1.31 bits per heavy atom. The van der Waals surface area contributed by atoms with E-state index < -0.39 is 0 Å². The molecular formula is C20H22BrN5OS2. The second-order valence-corrected chi connectivity index (χ2v) is 10.0. The summed E-state index contributed by atoms with van der Waals surface area (Å²) in [6.07, 6.45) is 6.45. The van der Waals surface area contributed by atoms with Crippen LogP contribution in [0.1, 0.15) is 43.2 Å². The van der Waals surface area contributed by atoms with Gasteiger partial charge in [0.1, 0.15) is 5.82 Å². The normalized spacial score (nSPS) is 13.5. The van der Waals surface area contributed by atoms with Gasteiger partial charge in [-0.25, -0.2) is 4.98 Å². The SMILES string of the molecule is CC(C)n1c(SCC(=O)Nc2ccc(Br)cn2)nnc1-c1csc2c1CCCC2. The number of hydrogen-bond acceptors (Lipinski definition) is 6. The molecule has 0 saturated heterocycles. The fraction of sp³-hybridized carbons (Fsp3) is 0.400. The van der Waals surface area contributed by atoms with E-state index in [0.717, 1.165) is 21.9 Å². The number of nitrogens with one attached hydrogen (secondary N) is 1. The molecule has 1 aliphatic carbocycles. The van der Waals surface area contributed by atoms with E-state index >= 15 is 0 Å². The molecule has 0 radical (unpaired) electrons. The van der Waals surface area contributed by atoms with Crippen LogP contribution in [0.5, 0.6) is 0 Å². The molecule has 1 N–H and O–H groups in total. The molecule has 3 aromatic heterocycles. The van der Waals surface area contributed by atoms with Crippen LogP contribution in [0.2, 0.25) is 0 Å². The van der Waals surface area contributed by atoms with Crippen molar-refractivity contribution in [3.63, 3.8) is 0 Å². The van der Waals surface area contributed by atoms with Gasteiger partial charge in [-0.3, -0.25) is 9.36 Å². The Bertz CT molecular complexity index is 1010. The van der Waals surface area contributed by atoms with Crippen molar-refractivity contribution in [1.29, 1.82) is 0 Å². The van der Waals surface area contributed by atoms with Crippen molar-refractivity contribution in [1.82, 2.24) is 19.7 Å². The number of carbonyl (C=O) groups excluding carboxylic acids is 1. The number of halogens is 1. The number of rotatable bonds is 6. The molecule has 29 heavy (non-hydrogen) atoms. The zero-order chi connectivity index (χ0) is 20.4. The van der Waals surface area contributed by atoms with Crippen LogP contribution in [-0.4, -0.2) is 31.4 Å². The summed E-state index contributed by atoms with van der Waals surface area (Å²) in [7, 11) is 0. The predicted molar refractivity (Wildman–Crippen MR) is 122 cm³/mol. The lowest BCUT2D eigenvalue weighted by molar-refractivity contribution is -0.113. The molecule has 1 amide bonds. The summed E-state index contributed by atoms with van der Waals surface area (Å²) in [6.45, 7) is 4.25. The first kappa shape index (κ1) is 20.6. The van der Waals surface area contributed by atoms with Crippen LogP contribution in [-0.2, 0) is 17.6 Å². The number of nitrogens with zero attached hydrogens (tertiary/aromatic N) is 4. The van der Waals surface area contributed by atoms with Crippen molar-refractivity contribution in [2.45, 2.75) is 50.7 Å². The van der Waals surface area contributed by atoms with Gasteiger partial charge >= 0.3 is 0 Å². The summed E-state index contributed by atoms with van der Waals surface area (Å²) in [5.41, 5.74) is 2.65. The highest BCUT2D eigenvalue weighted by Gasteiger charge is 2.23. The molecule has 6 nitrogen and oxygen atoms in total. The van der Waals surface area contributed by atoms with E-state index in [2.05, 4.69) is 60.2 Å². The van der Waals surface area contributed by atoms with Crippen LogP contribution in [0.4, 0.5) is 5.82 Å². The molecule has 0 aliphatic heterocycles. The number of fused-ring (bicyclic) bond motifs is 1. The minimum Gasteiger partial charge on any atom is -0.310 e. The second-order valence-electron chi connectivity index (χ2n) is 7.23. The van der Waals surface area contributed by atoms with Crippen LogP contribution in [0.25, 0.3) is 11.4 Å². The standard InChI is InChI=1S/C20H22BrN5OS2/c1-12(2)26-19(15-10-28-16-6-4-3-5-14(15)16)24-25-20(26)29-11-18(27)23-17-8-7-13(21)9-22-17/h7-10,12H,3-6,11H2,1-2H3,(H,22,23,27). The molecule has 0 spiro atoms. The van der Waals surface area contributed by atoms with Crippen molar-refractivity contribution in [3.05, 3.63) is 38.6 Å². The highest BCUT2D eigenvalue weighted by Crippen LogP contribution is 2.37. The minimum atomic E-state index is -0.113. The van der Waals surface area contributed by atoms with E-state index in [-0.39, 0.29) is 17.7 Å². The van der Waals surface area contributed by atoms with Gasteiger partial charge in [0.25, 0.3) is 0 Å².